The molecule has 0 aliphatic carbocycles. The van der Waals surface area contributed by atoms with Crippen LogP contribution in [0.3, 0.4) is 0 Å². The standard InChI is InChI=1S/C10H8ClF5N2O/c1-18(8(11)10(14,15)16)9(19)17-7-3-2-5(12)4-6(7)13/h2-4,8H,1H3,(H,17,19). The van der Waals surface area contributed by atoms with Crippen LogP contribution in [0.15, 0.2) is 18.2 Å². The first-order valence-electron chi connectivity index (χ1n) is 4.82. The van der Waals surface area contributed by atoms with Gasteiger partial charge in [-0.3, -0.25) is 0 Å². The van der Waals surface area contributed by atoms with Gasteiger partial charge in [-0.2, -0.15) is 13.2 Å². The molecule has 0 heterocycles. The number of nitrogens with one attached hydrogen (secondary N) is 1. The van der Waals surface area contributed by atoms with Crippen molar-refractivity contribution in [3.63, 3.8) is 0 Å². The minimum atomic E-state index is -4.82. The number of urea groups is 1. The fourth-order valence-corrected chi connectivity index (χ4v) is 1.21. The van der Waals surface area contributed by atoms with Gasteiger partial charge in [0.25, 0.3) is 0 Å². The van der Waals surface area contributed by atoms with E-state index in [0.717, 1.165) is 19.2 Å². The lowest BCUT2D eigenvalue weighted by atomic mass is 10.3. The van der Waals surface area contributed by atoms with E-state index >= 15 is 0 Å². The molecule has 1 rings (SSSR count). The number of halogens is 6. The molecule has 9 heteroatoms. The van der Waals surface area contributed by atoms with Crippen LogP contribution < -0.4 is 5.32 Å². The van der Waals surface area contributed by atoms with Gasteiger partial charge in [-0.25, -0.2) is 13.6 Å². The second-order valence-electron chi connectivity index (χ2n) is 3.54. The third kappa shape index (κ3) is 3.95. The first-order chi connectivity index (χ1) is 8.62. The number of nitrogens with zero attached hydrogens (tertiary/aromatic N) is 1. The van der Waals surface area contributed by atoms with Crippen molar-refractivity contribution in [3.8, 4) is 0 Å². The molecular weight excluding hydrogens is 295 g/mol. The van der Waals surface area contributed by atoms with Gasteiger partial charge in [0.05, 0.1) is 5.69 Å². The lowest BCUT2D eigenvalue weighted by Gasteiger charge is -2.25. The summed E-state index contributed by atoms with van der Waals surface area (Å²) in [5.74, 6) is -1.99. The van der Waals surface area contributed by atoms with Crippen molar-refractivity contribution in [1.29, 1.82) is 0 Å². The fraction of sp³-hybridized carbons (Fsp3) is 0.300. The fourth-order valence-electron chi connectivity index (χ4n) is 1.12. The maximum absolute atomic E-state index is 13.2. The Hall–Kier alpha value is -1.57. The van der Waals surface area contributed by atoms with Crippen molar-refractivity contribution < 1.29 is 26.7 Å². The van der Waals surface area contributed by atoms with Crippen LogP contribution in [0.25, 0.3) is 0 Å². The number of carbonyl (C=O) groups is 1. The molecular formula is C10H8ClF5N2O. The summed E-state index contributed by atoms with van der Waals surface area (Å²) in [4.78, 5) is 11.6. The Balaban J connectivity index is 2.80. The van der Waals surface area contributed by atoms with Crippen molar-refractivity contribution >= 4 is 23.3 Å². The Bertz CT molecular complexity index is 479. The van der Waals surface area contributed by atoms with E-state index in [1.807, 2.05) is 5.32 Å². The Morgan fingerprint density at radius 2 is 1.95 bits per heavy atom. The van der Waals surface area contributed by atoms with Crippen molar-refractivity contribution in [1.82, 2.24) is 4.90 Å². The van der Waals surface area contributed by atoms with Crippen LogP contribution in [0.2, 0.25) is 0 Å². The Kier molecular flexibility index (Phi) is 4.56. The SMILES string of the molecule is CN(C(=O)Nc1ccc(F)cc1F)C(Cl)C(F)(F)F. The van der Waals surface area contributed by atoms with E-state index < -0.39 is 35.0 Å². The summed E-state index contributed by atoms with van der Waals surface area (Å²) in [5.41, 5.74) is -3.01. The lowest BCUT2D eigenvalue weighted by molar-refractivity contribution is -0.150. The predicted molar refractivity (Wildman–Crippen MR) is 58.8 cm³/mol. The summed E-state index contributed by atoms with van der Waals surface area (Å²) in [6, 6.07) is 0.939. The molecule has 106 valence electrons. The molecule has 1 unspecified atom stereocenters. The molecule has 0 fully saturated rings. The number of anilines is 1. The first kappa shape index (κ1) is 15.5. The van der Waals surface area contributed by atoms with Gasteiger partial charge >= 0.3 is 12.2 Å². The van der Waals surface area contributed by atoms with Gasteiger partial charge in [-0.15, -0.1) is 0 Å². The second kappa shape index (κ2) is 5.60. The van der Waals surface area contributed by atoms with Crippen molar-refractivity contribution in [2.24, 2.45) is 0 Å². The van der Waals surface area contributed by atoms with Gasteiger partial charge < -0.3 is 10.2 Å². The molecule has 0 aromatic heterocycles. The molecule has 0 aliphatic heterocycles. The Morgan fingerprint density at radius 1 is 1.37 bits per heavy atom. The summed E-state index contributed by atoms with van der Waals surface area (Å²) < 4.78 is 62.5. The molecule has 1 aromatic rings. The molecule has 0 saturated heterocycles. The summed E-state index contributed by atoms with van der Waals surface area (Å²) >= 11 is 5.02. The van der Waals surface area contributed by atoms with E-state index in [9.17, 15) is 26.7 Å². The van der Waals surface area contributed by atoms with E-state index in [1.54, 1.807) is 0 Å². The van der Waals surface area contributed by atoms with Crippen molar-refractivity contribution in [2.75, 3.05) is 12.4 Å². The Labute approximate surface area is 109 Å². The molecule has 3 nitrogen and oxygen atoms in total. The number of hydrogen-bond acceptors (Lipinski definition) is 1. The quantitative estimate of drug-likeness (QED) is 0.506. The normalized spacial score (nSPS) is 13.0. The van der Waals surface area contributed by atoms with Gasteiger partial charge in [0.1, 0.15) is 11.6 Å². The van der Waals surface area contributed by atoms with E-state index in [1.165, 1.54) is 0 Å². The van der Waals surface area contributed by atoms with Crippen LogP contribution in [0.5, 0.6) is 0 Å². The molecule has 0 bridgehead atoms. The van der Waals surface area contributed by atoms with Crippen LogP contribution in [-0.4, -0.2) is 29.7 Å². The Morgan fingerprint density at radius 3 is 2.42 bits per heavy atom. The number of carbonyl (C=O) groups excluding carboxylic acids is 1. The maximum atomic E-state index is 13.2. The monoisotopic (exact) mass is 302 g/mol. The predicted octanol–water partition coefficient (Wildman–Crippen LogP) is 3.56. The van der Waals surface area contributed by atoms with E-state index in [2.05, 4.69) is 0 Å². The highest BCUT2D eigenvalue weighted by Gasteiger charge is 2.43. The number of hydrogen-bond donors (Lipinski definition) is 1. The first-order valence-corrected chi connectivity index (χ1v) is 5.26. The van der Waals surface area contributed by atoms with Gasteiger partial charge in [0.2, 0.25) is 5.50 Å². The molecule has 0 saturated carbocycles. The van der Waals surface area contributed by atoms with E-state index in [4.69, 9.17) is 11.6 Å². The smallest absolute Gasteiger partial charge is 0.305 e. The molecule has 1 aromatic carbocycles. The number of amides is 2. The highest BCUT2D eigenvalue weighted by Crippen LogP contribution is 2.27. The van der Waals surface area contributed by atoms with Gasteiger partial charge in [-0.1, -0.05) is 11.6 Å². The average molecular weight is 303 g/mol. The van der Waals surface area contributed by atoms with Gasteiger partial charge in [0.15, 0.2) is 0 Å². The van der Waals surface area contributed by atoms with E-state index in [0.29, 0.717) is 6.07 Å². The van der Waals surface area contributed by atoms with Crippen LogP contribution >= 0.6 is 11.6 Å². The highest BCUT2D eigenvalue weighted by molar-refractivity contribution is 6.22. The molecule has 1 atom stereocenters. The lowest BCUT2D eigenvalue weighted by Crippen LogP contribution is -2.44. The minimum Gasteiger partial charge on any atom is -0.305 e. The molecule has 0 radical (unpaired) electrons. The zero-order chi connectivity index (χ0) is 14.8. The van der Waals surface area contributed by atoms with Crippen LogP contribution in [0, 0.1) is 11.6 Å². The van der Waals surface area contributed by atoms with Crippen molar-refractivity contribution in [2.45, 2.75) is 11.7 Å². The topological polar surface area (TPSA) is 32.3 Å². The van der Waals surface area contributed by atoms with Crippen LogP contribution in [0.1, 0.15) is 0 Å². The number of rotatable bonds is 2. The molecule has 2 amide bonds. The van der Waals surface area contributed by atoms with Crippen LogP contribution in [-0.2, 0) is 0 Å². The zero-order valence-electron chi connectivity index (χ0n) is 9.43. The van der Waals surface area contributed by atoms with E-state index in [-0.39, 0.29) is 4.90 Å². The summed E-state index contributed by atoms with van der Waals surface area (Å²) in [6.45, 7) is 0. The summed E-state index contributed by atoms with van der Waals surface area (Å²) in [7, 11) is 0.794. The third-order valence-electron chi connectivity index (χ3n) is 2.10. The summed E-state index contributed by atoms with van der Waals surface area (Å²) in [5, 5.41) is 1.85. The van der Waals surface area contributed by atoms with Gasteiger partial charge in [-0.05, 0) is 12.1 Å². The van der Waals surface area contributed by atoms with Gasteiger partial charge in [0, 0.05) is 13.1 Å². The summed E-state index contributed by atoms with van der Waals surface area (Å²) in [6.07, 6.45) is -4.82. The molecule has 0 spiro atoms. The maximum Gasteiger partial charge on any atom is 0.423 e. The zero-order valence-corrected chi connectivity index (χ0v) is 10.2. The molecule has 19 heavy (non-hydrogen) atoms. The average Bonchev–Trinajstić information content (AvgIpc) is 2.29. The largest absolute Gasteiger partial charge is 0.423 e. The molecule has 0 aliphatic rings. The number of benzene rings is 1. The van der Waals surface area contributed by atoms with Crippen LogP contribution in [0.4, 0.5) is 32.4 Å². The number of alkyl halides is 4. The second-order valence-corrected chi connectivity index (χ2v) is 3.96. The molecule has 1 N–H and O–H groups in total. The van der Waals surface area contributed by atoms with Crippen molar-refractivity contribution in [3.05, 3.63) is 29.8 Å². The minimum absolute atomic E-state index is 0.143. The highest BCUT2D eigenvalue weighted by atomic mass is 35.5. The third-order valence-corrected chi connectivity index (χ3v) is 2.64.